The minimum absolute atomic E-state index is 0.149. The predicted molar refractivity (Wildman–Crippen MR) is 55.4 cm³/mol. The van der Waals surface area contributed by atoms with Gasteiger partial charge in [0.05, 0.1) is 6.20 Å². The third-order valence-corrected chi connectivity index (χ3v) is 2.30. The molecule has 0 unspecified atom stereocenters. The van der Waals surface area contributed by atoms with Crippen LogP contribution in [-0.4, -0.2) is 15.3 Å². The summed E-state index contributed by atoms with van der Waals surface area (Å²) < 4.78 is 0. The fourth-order valence-electron chi connectivity index (χ4n) is 1.37. The van der Waals surface area contributed by atoms with Crippen molar-refractivity contribution < 1.29 is 5.11 Å². The summed E-state index contributed by atoms with van der Waals surface area (Å²) in [4.78, 5) is 0. The van der Waals surface area contributed by atoms with Crippen molar-refractivity contribution in [3.05, 3.63) is 35.0 Å². The van der Waals surface area contributed by atoms with Crippen molar-refractivity contribution in [1.82, 2.24) is 10.2 Å². The maximum atomic E-state index is 9.47. The Bertz CT molecular complexity index is 465. The first-order valence-corrected chi connectivity index (χ1v) is 4.55. The smallest absolute Gasteiger partial charge is 0.161 e. The van der Waals surface area contributed by atoms with Gasteiger partial charge in [0.15, 0.2) is 5.75 Å². The lowest BCUT2D eigenvalue weighted by molar-refractivity contribution is 0.477. The van der Waals surface area contributed by atoms with E-state index in [2.05, 4.69) is 10.2 Å². The molecule has 1 aromatic carbocycles. The van der Waals surface area contributed by atoms with Gasteiger partial charge in [0, 0.05) is 10.6 Å². The molecule has 14 heavy (non-hydrogen) atoms. The molecule has 0 aliphatic heterocycles. The van der Waals surface area contributed by atoms with E-state index in [1.165, 1.54) is 6.20 Å². The molecule has 1 aromatic heterocycles. The minimum Gasteiger partial charge on any atom is -0.504 e. The molecule has 3 nitrogen and oxygen atoms in total. The average molecular weight is 209 g/mol. The Kier molecular flexibility index (Phi) is 2.17. The molecule has 0 aliphatic carbocycles. The van der Waals surface area contributed by atoms with Gasteiger partial charge in [-0.1, -0.05) is 17.7 Å². The zero-order valence-corrected chi connectivity index (χ0v) is 8.34. The molecular weight excluding hydrogens is 200 g/mol. The number of rotatable bonds is 1. The van der Waals surface area contributed by atoms with Gasteiger partial charge in [0.1, 0.15) is 5.69 Å². The summed E-state index contributed by atoms with van der Waals surface area (Å²) in [6.07, 6.45) is 1.45. The summed E-state index contributed by atoms with van der Waals surface area (Å²) in [6, 6.07) is 5.45. The summed E-state index contributed by atoms with van der Waals surface area (Å²) in [5.41, 5.74) is 2.42. The van der Waals surface area contributed by atoms with E-state index in [1.807, 2.05) is 19.1 Å². The van der Waals surface area contributed by atoms with E-state index < -0.39 is 0 Å². The maximum absolute atomic E-state index is 9.47. The topological polar surface area (TPSA) is 48.9 Å². The molecule has 72 valence electrons. The van der Waals surface area contributed by atoms with Crippen LogP contribution in [0.25, 0.3) is 11.3 Å². The third kappa shape index (κ3) is 1.46. The van der Waals surface area contributed by atoms with Crippen LogP contribution in [0.5, 0.6) is 5.75 Å². The standard InChI is InChI=1S/C10H9ClN2O/c1-6-4-7(11)2-3-8(6)10-9(14)5-12-13-10/h2-5,14H,1H3,(H,12,13). The van der Waals surface area contributed by atoms with E-state index in [4.69, 9.17) is 11.6 Å². The van der Waals surface area contributed by atoms with Gasteiger partial charge >= 0.3 is 0 Å². The van der Waals surface area contributed by atoms with Crippen LogP contribution in [0, 0.1) is 6.92 Å². The van der Waals surface area contributed by atoms with Gasteiger partial charge in [-0.15, -0.1) is 0 Å². The number of aryl methyl sites for hydroxylation is 1. The molecule has 0 spiro atoms. The van der Waals surface area contributed by atoms with Crippen molar-refractivity contribution in [3.63, 3.8) is 0 Å². The molecule has 0 saturated heterocycles. The molecule has 0 atom stereocenters. The van der Waals surface area contributed by atoms with Gasteiger partial charge in [-0.2, -0.15) is 5.10 Å². The fraction of sp³-hybridized carbons (Fsp3) is 0.100. The molecule has 0 amide bonds. The Labute approximate surface area is 86.3 Å². The van der Waals surface area contributed by atoms with Crippen molar-refractivity contribution >= 4 is 11.6 Å². The van der Waals surface area contributed by atoms with Crippen LogP contribution in [0.4, 0.5) is 0 Å². The van der Waals surface area contributed by atoms with Crippen LogP contribution < -0.4 is 0 Å². The molecule has 0 bridgehead atoms. The molecule has 0 fully saturated rings. The van der Waals surface area contributed by atoms with Gasteiger partial charge < -0.3 is 5.11 Å². The van der Waals surface area contributed by atoms with Crippen molar-refractivity contribution in [2.45, 2.75) is 6.92 Å². The van der Waals surface area contributed by atoms with E-state index >= 15 is 0 Å². The summed E-state index contributed by atoms with van der Waals surface area (Å²) >= 11 is 5.83. The Morgan fingerprint density at radius 3 is 2.79 bits per heavy atom. The number of aromatic amines is 1. The third-order valence-electron chi connectivity index (χ3n) is 2.06. The Morgan fingerprint density at radius 1 is 1.43 bits per heavy atom. The highest BCUT2D eigenvalue weighted by Crippen LogP contribution is 2.30. The summed E-state index contributed by atoms with van der Waals surface area (Å²) in [6.45, 7) is 1.93. The Hall–Kier alpha value is -1.48. The Morgan fingerprint density at radius 2 is 2.21 bits per heavy atom. The van der Waals surface area contributed by atoms with Gasteiger partial charge in [0.2, 0.25) is 0 Å². The van der Waals surface area contributed by atoms with Gasteiger partial charge in [0.25, 0.3) is 0 Å². The van der Waals surface area contributed by atoms with Crippen LogP contribution in [0.1, 0.15) is 5.56 Å². The molecule has 0 saturated carbocycles. The lowest BCUT2D eigenvalue weighted by atomic mass is 10.1. The highest BCUT2D eigenvalue weighted by atomic mass is 35.5. The monoisotopic (exact) mass is 208 g/mol. The van der Waals surface area contributed by atoms with Gasteiger partial charge in [-0.3, -0.25) is 5.10 Å². The molecular formula is C10H9ClN2O. The molecule has 2 N–H and O–H groups in total. The zero-order chi connectivity index (χ0) is 10.1. The lowest BCUT2D eigenvalue weighted by Gasteiger charge is -2.02. The van der Waals surface area contributed by atoms with E-state index in [-0.39, 0.29) is 5.75 Å². The summed E-state index contributed by atoms with van der Waals surface area (Å²) in [7, 11) is 0. The van der Waals surface area contributed by atoms with Gasteiger partial charge in [-0.05, 0) is 24.6 Å². The SMILES string of the molecule is Cc1cc(Cl)ccc1-c1n[nH]cc1O. The first-order chi connectivity index (χ1) is 6.68. The highest BCUT2D eigenvalue weighted by molar-refractivity contribution is 6.30. The Balaban J connectivity index is 2.58. The number of aromatic hydroxyl groups is 1. The number of aromatic nitrogens is 2. The van der Waals surface area contributed by atoms with Crippen LogP contribution in [0.2, 0.25) is 5.02 Å². The highest BCUT2D eigenvalue weighted by Gasteiger charge is 2.09. The molecule has 4 heteroatoms. The van der Waals surface area contributed by atoms with Crippen molar-refractivity contribution in [3.8, 4) is 17.0 Å². The van der Waals surface area contributed by atoms with Crippen molar-refractivity contribution in [2.75, 3.05) is 0 Å². The van der Waals surface area contributed by atoms with E-state index in [9.17, 15) is 5.11 Å². The lowest BCUT2D eigenvalue weighted by Crippen LogP contribution is -1.83. The second-order valence-electron chi connectivity index (χ2n) is 3.08. The van der Waals surface area contributed by atoms with Gasteiger partial charge in [-0.25, -0.2) is 0 Å². The van der Waals surface area contributed by atoms with E-state index in [0.29, 0.717) is 10.7 Å². The molecule has 0 aliphatic rings. The first-order valence-electron chi connectivity index (χ1n) is 4.18. The molecule has 2 rings (SSSR count). The first kappa shape index (κ1) is 9.09. The quantitative estimate of drug-likeness (QED) is 0.757. The van der Waals surface area contributed by atoms with E-state index in [0.717, 1.165) is 11.1 Å². The number of H-pyrrole nitrogens is 1. The zero-order valence-electron chi connectivity index (χ0n) is 7.58. The number of halogens is 1. The molecule has 0 radical (unpaired) electrons. The normalized spacial score (nSPS) is 10.4. The van der Waals surface area contributed by atoms with Crippen LogP contribution in [0.15, 0.2) is 24.4 Å². The summed E-state index contributed by atoms with van der Waals surface area (Å²) in [5.74, 6) is 0.149. The largest absolute Gasteiger partial charge is 0.504 e. The predicted octanol–water partition coefficient (Wildman–Crippen LogP) is 2.74. The number of benzene rings is 1. The van der Waals surface area contributed by atoms with Crippen LogP contribution >= 0.6 is 11.6 Å². The number of hydrogen-bond acceptors (Lipinski definition) is 2. The van der Waals surface area contributed by atoms with Crippen LogP contribution in [0.3, 0.4) is 0 Å². The summed E-state index contributed by atoms with van der Waals surface area (Å²) in [5, 5.41) is 16.7. The molecule has 2 aromatic rings. The minimum atomic E-state index is 0.149. The van der Waals surface area contributed by atoms with Crippen molar-refractivity contribution in [2.24, 2.45) is 0 Å². The second kappa shape index (κ2) is 3.35. The number of hydrogen-bond donors (Lipinski definition) is 2. The average Bonchev–Trinajstić information content (AvgIpc) is 2.52. The molecule has 1 heterocycles. The van der Waals surface area contributed by atoms with Crippen LogP contribution in [-0.2, 0) is 0 Å². The van der Waals surface area contributed by atoms with E-state index in [1.54, 1.807) is 6.07 Å². The second-order valence-corrected chi connectivity index (χ2v) is 3.51. The number of nitrogens with zero attached hydrogens (tertiary/aromatic N) is 1. The fourth-order valence-corrected chi connectivity index (χ4v) is 1.60. The van der Waals surface area contributed by atoms with Crippen molar-refractivity contribution in [1.29, 1.82) is 0 Å². The number of nitrogens with one attached hydrogen (secondary N) is 1. The maximum Gasteiger partial charge on any atom is 0.161 e.